The monoisotopic (exact) mass is 516 g/mol. The van der Waals surface area contributed by atoms with E-state index in [-0.39, 0.29) is 22.3 Å². The maximum Gasteiger partial charge on any atom is 0.400 e. The third-order valence-electron chi connectivity index (χ3n) is 8.16. The number of ether oxygens (including phenoxy) is 1. The molecule has 3 N–H and O–H groups in total. The molecular formula is C21H31F3O7S2. The molecule has 4 rings (SSSR count). The number of esters is 1. The molecule has 2 saturated carbocycles. The molecule has 190 valence electrons. The number of thioether (sulfide) groups is 1. The zero-order valence-electron chi connectivity index (χ0n) is 18.2. The fourth-order valence-corrected chi connectivity index (χ4v) is 9.39. The number of fused-ring (bicyclic) bond motifs is 2. The lowest BCUT2D eigenvalue weighted by molar-refractivity contribution is -0.157. The second-order valence-corrected chi connectivity index (χ2v) is 13.0. The number of carbonyl (C=O) groups excluding carboxylic acids is 1. The summed E-state index contributed by atoms with van der Waals surface area (Å²) >= 11 is 1.58. The lowest BCUT2D eigenvalue weighted by Crippen LogP contribution is -2.56. The first kappa shape index (κ1) is 25.5. The largest absolute Gasteiger partial charge is 0.465 e. The van der Waals surface area contributed by atoms with E-state index >= 15 is 0 Å². The molecule has 6 unspecified atom stereocenters. The van der Waals surface area contributed by atoms with Crippen LogP contribution in [0.5, 0.6) is 0 Å². The van der Waals surface area contributed by atoms with Gasteiger partial charge in [0.05, 0.1) is 23.7 Å². The molecule has 0 spiro atoms. The van der Waals surface area contributed by atoms with Crippen LogP contribution in [0.2, 0.25) is 0 Å². The van der Waals surface area contributed by atoms with Crippen LogP contribution in [0.15, 0.2) is 0 Å². The quantitative estimate of drug-likeness (QED) is 0.333. The van der Waals surface area contributed by atoms with Gasteiger partial charge in [0.15, 0.2) is 6.17 Å². The van der Waals surface area contributed by atoms with Crippen LogP contribution in [0.1, 0.15) is 64.2 Å². The van der Waals surface area contributed by atoms with Crippen molar-refractivity contribution in [3.8, 4) is 0 Å². The fourth-order valence-electron chi connectivity index (χ4n) is 6.63. The molecule has 0 radical (unpaired) electrons. The number of rotatable bonds is 8. The molecule has 0 amide bonds. The second kappa shape index (κ2) is 8.83. The van der Waals surface area contributed by atoms with Crippen molar-refractivity contribution in [3.63, 3.8) is 0 Å². The molecule has 6 atom stereocenters. The Balaban J connectivity index is 1.44. The Morgan fingerprint density at radius 3 is 2.09 bits per heavy atom. The van der Waals surface area contributed by atoms with Crippen LogP contribution in [-0.4, -0.2) is 68.9 Å². The van der Waals surface area contributed by atoms with Gasteiger partial charge in [-0.1, -0.05) is 25.7 Å². The van der Waals surface area contributed by atoms with Gasteiger partial charge in [0, 0.05) is 28.8 Å². The van der Waals surface area contributed by atoms with Gasteiger partial charge in [-0.3, -0.25) is 9.35 Å². The molecule has 2 bridgehead atoms. The van der Waals surface area contributed by atoms with Gasteiger partial charge in [-0.25, -0.2) is 4.39 Å². The molecule has 2 saturated heterocycles. The molecule has 2 aliphatic carbocycles. The normalized spacial score (nSPS) is 36.2. The average Bonchev–Trinajstić information content (AvgIpc) is 3.50. The summed E-state index contributed by atoms with van der Waals surface area (Å²) in [6.07, 6.45) is 2.25. The smallest absolute Gasteiger partial charge is 0.400 e. The van der Waals surface area contributed by atoms with Gasteiger partial charge in [-0.15, -0.1) is 0 Å². The molecule has 7 nitrogen and oxygen atoms in total. The predicted molar refractivity (Wildman–Crippen MR) is 114 cm³/mol. The maximum atomic E-state index is 13.7. The topological polar surface area (TPSA) is 121 Å². The van der Waals surface area contributed by atoms with Crippen LogP contribution in [-0.2, 0) is 19.6 Å². The number of halogens is 3. The summed E-state index contributed by atoms with van der Waals surface area (Å²) in [6.45, 7) is -0.758. The summed E-state index contributed by atoms with van der Waals surface area (Å²) in [4.78, 5) is 12.8. The molecule has 4 fully saturated rings. The van der Waals surface area contributed by atoms with Crippen LogP contribution < -0.4 is 0 Å². The lowest BCUT2D eigenvalue weighted by atomic mass is 9.60. The van der Waals surface area contributed by atoms with Gasteiger partial charge in [0.25, 0.3) is 0 Å². The van der Waals surface area contributed by atoms with E-state index in [9.17, 15) is 36.6 Å². The number of hydrogen-bond donors (Lipinski definition) is 3. The Morgan fingerprint density at radius 1 is 1.06 bits per heavy atom. The first-order chi connectivity index (χ1) is 15.3. The highest BCUT2D eigenvalue weighted by Gasteiger charge is 2.66. The van der Waals surface area contributed by atoms with Crippen molar-refractivity contribution in [2.75, 3.05) is 6.61 Å². The summed E-state index contributed by atoms with van der Waals surface area (Å²) in [6, 6.07) is 0. The van der Waals surface area contributed by atoms with Crippen LogP contribution >= 0.6 is 11.8 Å². The number of aliphatic hydroxyl groups is 2. The number of alkyl halides is 3. The summed E-state index contributed by atoms with van der Waals surface area (Å²) < 4.78 is 75.2. The zero-order chi connectivity index (χ0) is 24.2. The van der Waals surface area contributed by atoms with E-state index in [4.69, 9.17) is 9.29 Å². The van der Waals surface area contributed by atoms with Crippen LogP contribution in [0.4, 0.5) is 13.2 Å². The minimum absolute atomic E-state index is 0.0388. The van der Waals surface area contributed by atoms with E-state index < -0.39 is 57.7 Å². The summed E-state index contributed by atoms with van der Waals surface area (Å²) in [5.74, 6) is -1.73. The van der Waals surface area contributed by atoms with Gasteiger partial charge < -0.3 is 14.9 Å². The van der Waals surface area contributed by atoms with E-state index in [2.05, 4.69) is 0 Å². The van der Waals surface area contributed by atoms with Crippen LogP contribution in [0, 0.1) is 17.8 Å². The van der Waals surface area contributed by atoms with Crippen molar-refractivity contribution in [1.82, 2.24) is 0 Å². The third-order valence-corrected chi connectivity index (χ3v) is 10.9. The SMILES string of the molecule is O=C(OCCC(F)C(F)(F)S(=O)(=O)O)C1CC2SC1C(C1(O)CCCC1)C2C1(O)CCCC1. The van der Waals surface area contributed by atoms with Gasteiger partial charge >= 0.3 is 21.3 Å². The molecular weight excluding hydrogens is 485 g/mol. The minimum Gasteiger partial charge on any atom is -0.465 e. The van der Waals surface area contributed by atoms with E-state index in [1.165, 1.54) is 0 Å². The van der Waals surface area contributed by atoms with E-state index in [1.807, 2.05) is 0 Å². The van der Waals surface area contributed by atoms with Crippen molar-refractivity contribution in [1.29, 1.82) is 0 Å². The van der Waals surface area contributed by atoms with E-state index in [0.29, 0.717) is 32.1 Å². The van der Waals surface area contributed by atoms with Gasteiger partial charge in [0.2, 0.25) is 0 Å². The van der Waals surface area contributed by atoms with Crippen molar-refractivity contribution in [2.24, 2.45) is 17.8 Å². The Labute approximate surface area is 195 Å². The van der Waals surface area contributed by atoms with Crippen molar-refractivity contribution in [2.45, 2.75) is 97.3 Å². The number of carbonyl (C=O) groups is 1. The minimum atomic E-state index is -5.92. The summed E-state index contributed by atoms with van der Waals surface area (Å²) in [7, 11) is -5.92. The summed E-state index contributed by atoms with van der Waals surface area (Å²) in [5.41, 5.74) is -1.84. The zero-order valence-corrected chi connectivity index (χ0v) is 19.8. The molecule has 0 aromatic rings. The first-order valence-corrected chi connectivity index (χ1v) is 13.9. The first-order valence-electron chi connectivity index (χ1n) is 11.6. The van der Waals surface area contributed by atoms with Crippen LogP contribution in [0.25, 0.3) is 0 Å². The average molecular weight is 517 g/mol. The highest BCUT2D eigenvalue weighted by molar-refractivity contribution is 8.01. The Bertz CT molecular complexity index is 856. The van der Waals surface area contributed by atoms with Gasteiger partial charge in [-0.05, 0) is 32.1 Å². The predicted octanol–water partition coefficient (Wildman–Crippen LogP) is 3.08. The second-order valence-electron chi connectivity index (χ2n) is 10.1. The maximum absolute atomic E-state index is 13.7. The van der Waals surface area contributed by atoms with E-state index in [0.717, 1.165) is 25.7 Å². The van der Waals surface area contributed by atoms with Gasteiger partial charge in [-0.2, -0.15) is 29.0 Å². The molecule has 2 aliphatic heterocycles. The Morgan fingerprint density at radius 2 is 1.58 bits per heavy atom. The summed E-state index contributed by atoms with van der Waals surface area (Å²) in [5, 5.41) is 17.6. The van der Waals surface area contributed by atoms with Crippen LogP contribution in [0.3, 0.4) is 0 Å². The molecule has 4 aliphatic rings. The highest BCUT2D eigenvalue weighted by Crippen LogP contribution is 2.65. The van der Waals surface area contributed by atoms with Gasteiger partial charge in [0.1, 0.15) is 0 Å². The Kier molecular flexibility index (Phi) is 6.83. The van der Waals surface area contributed by atoms with Crippen molar-refractivity contribution >= 4 is 27.8 Å². The molecule has 33 heavy (non-hydrogen) atoms. The van der Waals surface area contributed by atoms with E-state index in [1.54, 1.807) is 11.8 Å². The fraction of sp³-hybridized carbons (Fsp3) is 0.952. The van der Waals surface area contributed by atoms with Crippen molar-refractivity contribution in [3.05, 3.63) is 0 Å². The Hall–Kier alpha value is -0.560. The molecule has 12 heteroatoms. The van der Waals surface area contributed by atoms with Crippen molar-refractivity contribution < 1.29 is 45.9 Å². The standard InChI is InChI=1S/C21H31F3O7S2/c22-14(21(23,24)33(28,29)30)5-10-31-18(25)12-11-13-15(19(26)6-1-2-7-19)16(17(12)32-13)20(27)8-3-4-9-20/h12-17,26-27H,1-11H2,(H,28,29,30). The molecule has 0 aromatic carbocycles. The number of hydrogen-bond acceptors (Lipinski definition) is 7. The molecule has 2 heterocycles. The molecule has 0 aromatic heterocycles. The third kappa shape index (κ3) is 4.43. The highest BCUT2D eigenvalue weighted by atomic mass is 32.2. The lowest BCUT2D eigenvalue weighted by Gasteiger charge is -2.47.